The van der Waals surface area contributed by atoms with Crippen molar-refractivity contribution in [2.24, 2.45) is 0 Å². The zero-order chi connectivity index (χ0) is 77.3. The van der Waals surface area contributed by atoms with Crippen LogP contribution in [0.15, 0.2) is 370 Å². The summed E-state index contributed by atoms with van der Waals surface area (Å²) in [6, 6.07) is 135. The molecule has 0 aliphatic heterocycles. The standard InChI is InChI=1S/C40H32N2.2C34H28N2/c1-40(2,3)29-20-23-39-35(26-29)34-25-28(19-22-38(34)42(39)31-14-8-5-9-15-31)27-18-21-37-33(24-27)32-16-10-11-17-36(32)41(37)30-12-6-4-7-13-30;1-34(2,3)23-11-10-12-24(21-23)35-32-18-9-6-15-28(32)29-22-25(19-20-33(29)35)36-30-16-7-4-13-26(30)27-14-5-8-17-31(27)36;1-34(2,3)23-17-19-32-28(21-23)26-13-7-10-16-31(26)36(32)25-18-20-33-29(22-25)27-14-8-9-15-30(27)35(33)24-11-5-4-6-12-24/h4-26H,1-3H3;2*4-22H,1-3H3. The van der Waals surface area contributed by atoms with Gasteiger partial charge < -0.3 is 27.4 Å². The zero-order valence-electron chi connectivity index (χ0n) is 65.9. The smallest absolute Gasteiger partial charge is 0.0542 e. The number of hydrogen-bond acceptors (Lipinski definition) is 0. The van der Waals surface area contributed by atoms with Gasteiger partial charge in [-0.3, -0.25) is 0 Å². The summed E-state index contributed by atoms with van der Waals surface area (Å²) in [4.78, 5) is 0. The zero-order valence-corrected chi connectivity index (χ0v) is 65.9. The topological polar surface area (TPSA) is 29.6 Å². The molecule has 6 nitrogen and oxygen atoms in total. The molecule has 0 aliphatic carbocycles. The number of fused-ring (bicyclic) bond motifs is 18. The third-order valence-electron chi connectivity index (χ3n) is 23.6. The van der Waals surface area contributed by atoms with Crippen molar-refractivity contribution in [3.8, 4) is 45.3 Å². The van der Waals surface area contributed by atoms with E-state index in [1.165, 1.54) is 193 Å². The van der Waals surface area contributed by atoms with E-state index in [9.17, 15) is 0 Å². The average molecular weight is 1470 g/mol. The fourth-order valence-electron chi connectivity index (χ4n) is 17.9. The van der Waals surface area contributed by atoms with Crippen molar-refractivity contribution >= 4 is 131 Å². The van der Waals surface area contributed by atoms with Gasteiger partial charge in [0.25, 0.3) is 0 Å². The van der Waals surface area contributed by atoms with Gasteiger partial charge in [-0.1, -0.05) is 263 Å². The summed E-state index contributed by atoms with van der Waals surface area (Å²) >= 11 is 0. The molecule has 0 saturated heterocycles. The van der Waals surface area contributed by atoms with Crippen LogP contribution >= 0.6 is 0 Å². The molecule has 0 atom stereocenters. The van der Waals surface area contributed by atoms with Gasteiger partial charge in [0.15, 0.2) is 0 Å². The Kier molecular flexibility index (Phi) is 16.5. The average Bonchev–Trinajstić information content (AvgIpc) is 1.58. The van der Waals surface area contributed by atoms with Crippen LogP contribution in [0.25, 0.3) is 176 Å². The molecule has 6 heteroatoms. The molecule has 16 aromatic carbocycles. The Bertz CT molecular complexity index is 7460. The van der Waals surface area contributed by atoms with E-state index >= 15 is 0 Å². The number of nitrogens with zero attached hydrogens (tertiary/aromatic N) is 6. The summed E-state index contributed by atoms with van der Waals surface area (Å²) in [7, 11) is 0. The van der Waals surface area contributed by atoms with Gasteiger partial charge in [0.1, 0.15) is 0 Å². The Morgan fingerprint density at radius 1 is 0.140 bits per heavy atom. The van der Waals surface area contributed by atoms with Crippen LogP contribution < -0.4 is 0 Å². The molecule has 0 fully saturated rings. The molecule has 22 aromatic rings. The largest absolute Gasteiger partial charge is 0.309 e. The van der Waals surface area contributed by atoms with E-state index in [4.69, 9.17) is 0 Å². The van der Waals surface area contributed by atoms with Crippen LogP contribution in [-0.4, -0.2) is 27.4 Å². The van der Waals surface area contributed by atoms with Crippen molar-refractivity contribution in [2.45, 2.75) is 78.6 Å². The van der Waals surface area contributed by atoms with Crippen LogP contribution in [0.2, 0.25) is 0 Å². The Morgan fingerprint density at radius 3 is 0.675 bits per heavy atom. The Morgan fingerprint density at radius 2 is 0.351 bits per heavy atom. The second-order valence-corrected chi connectivity index (χ2v) is 33.8. The summed E-state index contributed by atoms with van der Waals surface area (Å²) in [5, 5.41) is 15.4. The number of benzene rings is 16. The van der Waals surface area contributed by atoms with Crippen molar-refractivity contribution in [3.05, 3.63) is 387 Å². The lowest BCUT2D eigenvalue weighted by atomic mass is 9.86. The van der Waals surface area contributed by atoms with E-state index in [-0.39, 0.29) is 16.2 Å². The lowest BCUT2D eigenvalue weighted by molar-refractivity contribution is 0.590. The summed E-state index contributed by atoms with van der Waals surface area (Å²) in [6.45, 7) is 20.5. The molecule has 550 valence electrons. The molecule has 0 aliphatic rings. The maximum atomic E-state index is 2.42. The molecule has 0 N–H and O–H groups in total. The SMILES string of the molecule is CC(C)(C)c1ccc2c(c1)c1cc(-c3ccc4c(c3)c3ccccc3n4-c3ccccc3)ccc1n2-c1ccccc1.CC(C)(C)c1ccc2c(c1)c1ccccc1n2-c1ccc2c(c1)c1ccccc1n2-c1ccccc1.CC(C)(C)c1cccc(-n2c3ccccc3c3cc(-n4c5ccccc5c5ccccc54)ccc32)c1. The number of para-hydroxylation sites is 9. The van der Waals surface area contributed by atoms with Gasteiger partial charge in [-0.15, -0.1) is 0 Å². The molecule has 0 saturated carbocycles. The monoisotopic (exact) mass is 1470 g/mol. The maximum absolute atomic E-state index is 2.42. The van der Waals surface area contributed by atoms with Crippen LogP contribution in [0, 0.1) is 0 Å². The predicted octanol–water partition coefficient (Wildman–Crippen LogP) is 29.2. The highest BCUT2D eigenvalue weighted by atomic mass is 15.0. The van der Waals surface area contributed by atoms with E-state index in [1.54, 1.807) is 0 Å². The molecule has 22 rings (SSSR count). The van der Waals surface area contributed by atoms with E-state index in [0.717, 1.165) is 0 Å². The normalized spacial score (nSPS) is 12.3. The molecule has 114 heavy (non-hydrogen) atoms. The van der Waals surface area contributed by atoms with Gasteiger partial charge in [0, 0.05) is 98.8 Å². The van der Waals surface area contributed by atoms with Crippen molar-refractivity contribution in [2.75, 3.05) is 0 Å². The third kappa shape index (κ3) is 11.7. The molecular weight excluding hydrogens is 1380 g/mol. The third-order valence-corrected chi connectivity index (χ3v) is 23.6. The molecule has 6 aromatic heterocycles. The quantitative estimate of drug-likeness (QED) is 0.152. The van der Waals surface area contributed by atoms with Crippen LogP contribution in [0.5, 0.6) is 0 Å². The van der Waals surface area contributed by atoms with Crippen molar-refractivity contribution in [3.63, 3.8) is 0 Å². The summed E-state index contributed by atoms with van der Waals surface area (Å²) in [5.74, 6) is 0. The molecule has 6 heterocycles. The highest BCUT2D eigenvalue weighted by molar-refractivity contribution is 6.16. The summed E-state index contributed by atoms with van der Waals surface area (Å²) in [5.41, 5.74) is 28.7. The van der Waals surface area contributed by atoms with E-state index in [2.05, 4.69) is 460 Å². The first-order valence-corrected chi connectivity index (χ1v) is 40.0. The number of rotatable bonds is 7. The maximum Gasteiger partial charge on any atom is 0.0542 e. The first-order chi connectivity index (χ1) is 55.5. The molecule has 0 radical (unpaired) electrons. The van der Waals surface area contributed by atoms with Crippen molar-refractivity contribution in [1.82, 2.24) is 27.4 Å². The fourth-order valence-corrected chi connectivity index (χ4v) is 17.9. The van der Waals surface area contributed by atoms with Crippen molar-refractivity contribution < 1.29 is 0 Å². The minimum Gasteiger partial charge on any atom is -0.309 e. The molecular formula is C108H88N6. The number of aromatic nitrogens is 6. The van der Waals surface area contributed by atoms with Gasteiger partial charge in [-0.2, -0.15) is 0 Å². The van der Waals surface area contributed by atoms with Crippen LogP contribution in [-0.2, 0) is 16.2 Å². The van der Waals surface area contributed by atoms with E-state index in [0.29, 0.717) is 0 Å². The second-order valence-electron chi connectivity index (χ2n) is 33.8. The Hall–Kier alpha value is -13.7. The van der Waals surface area contributed by atoms with Gasteiger partial charge >= 0.3 is 0 Å². The summed E-state index contributed by atoms with van der Waals surface area (Å²) in [6.07, 6.45) is 0. The minimum absolute atomic E-state index is 0.0744. The Balaban J connectivity index is 0.000000111. The lowest BCUT2D eigenvalue weighted by Crippen LogP contribution is -2.11. The lowest BCUT2D eigenvalue weighted by Gasteiger charge is -2.20. The first-order valence-electron chi connectivity index (χ1n) is 40.0. The van der Waals surface area contributed by atoms with Crippen LogP contribution in [0.4, 0.5) is 0 Å². The van der Waals surface area contributed by atoms with E-state index in [1.807, 2.05) is 0 Å². The first kappa shape index (κ1) is 69.5. The number of hydrogen-bond donors (Lipinski definition) is 0. The highest BCUT2D eigenvalue weighted by Crippen LogP contribution is 2.44. The minimum atomic E-state index is 0.0744. The molecule has 0 amide bonds. The Labute approximate surface area is 664 Å². The van der Waals surface area contributed by atoms with E-state index < -0.39 is 0 Å². The van der Waals surface area contributed by atoms with Gasteiger partial charge in [0.2, 0.25) is 0 Å². The highest BCUT2D eigenvalue weighted by Gasteiger charge is 2.25. The molecule has 0 spiro atoms. The van der Waals surface area contributed by atoms with Crippen LogP contribution in [0.3, 0.4) is 0 Å². The van der Waals surface area contributed by atoms with Crippen molar-refractivity contribution in [1.29, 1.82) is 0 Å². The second kappa shape index (κ2) is 27.1. The molecule has 0 unspecified atom stereocenters. The van der Waals surface area contributed by atoms with Crippen LogP contribution in [0.1, 0.15) is 79.0 Å². The molecule has 0 bridgehead atoms. The van der Waals surface area contributed by atoms with Gasteiger partial charge in [0.05, 0.1) is 66.2 Å². The predicted molar refractivity (Wildman–Crippen MR) is 487 cm³/mol. The van der Waals surface area contributed by atoms with Gasteiger partial charge in [-0.25, -0.2) is 0 Å². The fraction of sp³-hybridized carbons (Fsp3) is 0.111. The van der Waals surface area contributed by atoms with Gasteiger partial charge in [-0.05, 0) is 214 Å². The summed E-state index contributed by atoms with van der Waals surface area (Å²) < 4.78 is 14.4.